The number of ether oxygens (including phenoxy) is 1. The summed E-state index contributed by atoms with van der Waals surface area (Å²) in [6.45, 7) is 7.59. The molecule has 0 amide bonds. The highest BCUT2D eigenvalue weighted by Gasteiger charge is 2.23. The Labute approximate surface area is 78.9 Å². The molecule has 76 valence electrons. The van der Waals surface area contributed by atoms with Crippen molar-refractivity contribution in [2.75, 3.05) is 13.7 Å². The van der Waals surface area contributed by atoms with Gasteiger partial charge < -0.3 is 9.57 Å². The van der Waals surface area contributed by atoms with Crippen molar-refractivity contribution < 1.29 is 14.4 Å². The van der Waals surface area contributed by atoms with Gasteiger partial charge in [0.1, 0.15) is 6.04 Å². The summed E-state index contributed by atoms with van der Waals surface area (Å²) in [5.41, 5.74) is 2.57. The molecule has 2 unspecified atom stereocenters. The van der Waals surface area contributed by atoms with Crippen LogP contribution in [0.15, 0.2) is 12.7 Å². The van der Waals surface area contributed by atoms with Crippen LogP contribution in [0.4, 0.5) is 0 Å². The zero-order chi connectivity index (χ0) is 10.3. The van der Waals surface area contributed by atoms with Crippen molar-refractivity contribution in [3.63, 3.8) is 0 Å². The molecule has 0 aliphatic carbocycles. The Kier molecular flexibility index (Phi) is 6.18. The first-order valence-corrected chi connectivity index (χ1v) is 4.25. The van der Waals surface area contributed by atoms with Gasteiger partial charge in [-0.1, -0.05) is 13.0 Å². The van der Waals surface area contributed by atoms with Gasteiger partial charge in [0.15, 0.2) is 0 Å². The molecule has 4 heteroatoms. The van der Waals surface area contributed by atoms with Crippen molar-refractivity contribution in [1.29, 1.82) is 0 Å². The Bertz CT molecular complexity index is 170. The van der Waals surface area contributed by atoms with Crippen LogP contribution in [-0.4, -0.2) is 25.7 Å². The largest absolute Gasteiger partial charge is 0.465 e. The summed E-state index contributed by atoms with van der Waals surface area (Å²) >= 11 is 0. The van der Waals surface area contributed by atoms with Crippen LogP contribution in [0.1, 0.15) is 13.8 Å². The van der Waals surface area contributed by atoms with E-state index in [-0.39, 0.29) is 11.9 Å². The van der Waals surface area contributed by atoms with E-state index in [2.05, 4.69) is 12.1 Å². The van der Waals surface area contributed by atoms with E-state index in [0.29, 0.717) is 6.61 Å². The molecular weight excluding hydrogens is 170 g/mol. The van der Waals surface area contributed by atoms with Gasteiger partial charge in [-0.3, -0.25) is 4.79 Å². The third-order valence-corrected chi connectivity index (χ3v) is 1.68. The monoisotopic (exact) mass is 187 g/mol. The van der Waals surface area contributed by atoms with Crippen LogP contribution in [0.3, 0.4) is 0 Å². The van der Waals surface area contributed by atoms with Crippen LogP contribution in [-0.2, 0) is 14.4 Å². The lowest BCUT2D eigenvalue weighted by Gasteiger charge is -2.19. The van der Waals surface area contributed by atoms with Gasteiger partial charge in [0.05, 0.1) is 13.7 Å². The number of carbonyl (C=O) groups excluding carboxylic acids is 1. The number of esters is 1. The SMILES string of the molecule is C=CC(C)C(NOC)C(=O)OCC. The van der Waals surface area contributed by atoms with E-state index in [1.807, 2.05) is 6.92 Å². The molecule has 2 atom stereocenters. The number of hydroxylamine groups is 1. The van der Waals surface area contributed by atoms with Gasteiger partial charge in [0, 0.05) is 5.92 Å². The molecule has 4 nitrogen and oxygen atoms in total. The van der Waals surface area contributed by atoms with Crippen LogP contribution >= 0.6 is 0 Å². The molecule has 0 rings (SSSR count). The first-order valence-electron chi connectivity index (χ1n) is 4.25. The van der Waals surface area contributed by atoms with Crippen molar-refractivity contribution in [3.8, 4) is 0 Å². The zero-order valence-electron chi connectivity index (χ0n) is 8.37. The Balaban J connectivity index is 4.21. The van der Waals surface area contributed by atoms with Gasteiger partial charge in [-0.05, 0) is 6.92 Å². The molecule has 0 aromatic heterocycles. The van der Waals surface area contributed by atoms with E-state index >= 15 is 0 Å². The maximum atomic E-state index is 11.3. The van der Waals surface area contributed by atoms with E-state index in [9.17, 15) is 4.79 Å². The third-order valence-electron chi connectivity index (χ3n) is 1.68. The minimum absolute atomic E-state index is 0.0287. The fraction of sp³-hybridized carbons (Fsp3) is 0.667. The van der Waals surface area contributed by atoms with Crippen molar-refractivity contribution in [2.45, 2.75) is 19.9 Å². The second-order valence-electron chi connectivity index (χ2n) is 2.65. The van der Waals surface area contributed by atoms with Gasteiger partial charge >= 0.3 is 5.97 Å². The van der Waals surface area contributed by atoms with E-state index < -0.39 is 6.04 Å². The summed E-state index contributed by atoms with van der Waals surface area (Å²) in [4.78, 5) is 16.0. The fourth-order valence-corrected chi connectivity index (χ4v) is 0.865. The molecule has 0 aromatic rings. The van der Waals surface area contributed by atoms with Crippen LogP contribution in [0.2, 0.25) is 0 Å². The minimum atomic E-state index is -0.484. The highest BCUT2D eigenvalue weighted by atomic mass is 16.6. The number of carbonyl (C=O) groups is 1. The summed E-state index contributed by atoms with van der Waals surface area (Å²) in [6.07, 6.45) is 1.67. The lowest BCUT2D eigenvalue weighted by Crippen LogP contribution is -2.41. The lowest BCUT2D eigenvalue weighted by atomic mass is 10.0. The van der Waals surface area contributed by atoms with Gasteiger partial charge in [-0.25, -0.2) is 0 Å². The summed E-state index contributed by atoms with van der Waals surface area (Å²) in [5.74, 6) is -0.351. The van der Waals surface area contributed by atoms with Gasteiger partial charge in [0.25, 0.3) is 0 Å². The average molecular weight is 187 g/mol. The summed E-state index contributed by atoms with van der Waals surface area (Å²) in [5, 5.41) is 0. The molecule has 0 fully saturated rings. The van der Waals surface area contributed by atoms with Crippen LogP contribution in [0.5, 0.6) is 0 Å². The molecule has 0 aromatic carbocycles. The molecule has 0 aliphatic rings. The molecule has 0 aliphatic heterocycles. The quantitative estimate of drug-likeness (QED) is 0.381. The van der Waals surface area contributed by atoms with Crippen LogP contribution in [0.25, 0.3) is 0 Å². The number of hydrogen-bond acceptors (Lipinski definition) is 4. The summed E-state index contributed by atoms with van der Waals surface area (Å²) in [6, 6.07) is -0.484. The Morgan fingerprint density at radius 1 is 1.69 bits per heavy atom. The predicted molar refractivity (Wildman–Crippen MR) is 49.9 cm³/mol. The lowest BCUT2D eigenvalue weighted by molar-refractivity contribution is -0.150. The van der Waals surface area contributed by atoms with Gasteiger partial charge in [0.2, 0.25) is 0 Å². The van der Waals surface area contributed by atoms with E-state index in [4.69, 9.17) is 9.57 Å². The second kappa shape index (κ2) is 6.62. The average Bonchev–Trinajstić information content (AvgIpc) is 2.13. The van der Waals surface area contributed by atoms with Crippen molar-refractivity contribution in [3.05, 3.63) is 12.7 Å². The molecule has 0 radical (unpaired) electrons. The Morgan fingerprint density at radius 3 is 2.69 bits per heavy atom. The number of nitrogens with one attached hydrogen (secondary N) is 1. The van der Waals surface area contributed by atoms with Crippen molar-refractivity contribution in [2.24, 2.45) is 5.92 Å². The predicted octanol–water partition coefficient (Wildman–Crippen LogP) is 0.891. The van der Waals surface area contributed by atoms with Crippen molar-refractivity contribution >= 4 is 5.97 Å². The summed E-state index contributed by atoms with van der Waals surface area (Å²) < 4.78 is 4.85. The minimum Gasteiger partial charge on any atom is -0.465 e. The van der Waals surface area contributed by atoms with E-state index in [1.165, 1.54) is 7.11 Å². The third kappa shape index (κ3) is 4.05. The van der Waals surface area contributed by atoms with E-state index in [1.54, 1.807) is 13.0 Å². The van der Waals surface area contributed by atoms with Crippen LogP contribution < -0.4 is 5.48 Å². The standard InChI is InChI=1S/C9H17NO3/c1-5-7(3)8(10-12-4)9(11)13-6-2/h5,7-8,10H,1,6H2,2-4H3. The number of rotatable bonds is 6. The molecule has 1 N–H and O–H groups in total. The molecule has 0 heterocycles. The maximum Gasteiger partial charge on any atom is 0.326 e. The highest BCUT2D eigenvalue weighted by molar-refractivity contribution is 5.76. The molecule has 0 saturated carbocycles. The molecule has 0 saturated heterocycles. The first kappa shape index (κ1) is 12.1. The zero-order valence-corrected chi connectivity index (χ0v) is 8.37. The second-order valence-corrected chi connectivity index (χ2v) is 2.65. The summed E-state index contributed by atoms with van der Waals surface area (Å²) in [7, 11) is 1.46. The molecule has 0 bridgehead atoms. The van der Waals surface area contributed by atoms with Gasteiger partial charge in [-0.15, -0.1) is 6.58 Å². The fourth-order valence-electron chi connectivity index (χ4n) is 0.865. The maximum absolute atomic E-state index is 11.3. The molecule has 13 heavy (non-hydrogen) atoms. The molecular formula is C9H17NO3. The van der Waals surface area contributed by atoms with Crippen molar-refractivity contribution in [1.82, 2.24) is 5.48 Å². The number of hydrogen-bond donors (Lipinski definition) is 1. The topological polar surface area (TPSA) is 47.6 Å². The van der Waals surface area contributed by atoms with Crippen LogP contribution in [0, 0.1) is 5.92 Å². The highest BCUT2D eigenvalue weighted by Crippen LogP contribution is 2.05. The normalized spacial score (nSPS) is 14.7. The van der Waals surface area contributed by atoms with E-state index in [0.717, 1.165) is 0 Å². The Morgan fingerprint density at radius 2 is 2.31 bits per heavy atom. The smallest absolute Gasteiger partial charge is 0.326 e. The Hall–Kier alpha value is -0.870. The first-order chi connectivity index (χ1) is 6.17. The van der Waals surface area contributed by atoms with Gasteiger partial charge in [-0.2, -0.15) is 5.48 Å². The molecule has 0 spiro atoms.